The zero-order valence-electron chi connectivity index (χ0n) is 11.4. The minimum absolute atomic E-state index is 0.151. The highest BCUT2D eigenvalue weighted by molar-refractivity contribution is 5.24. The molecular weight excluding hydrogens is 216 g/mol. The fourth-order valence-corrected chi connectivity index (χ4v) is 1.32. The van der Waals surface area contributed by atoms with Crippen molar-refractivity contribution in [3.63, 3.8) is 0 Å². The molecular formula is C12H22N4O. The summed E-state index contributed by atoms with van der Waals surface area (Å²) in [6.45, 7) is 9.79. The van der Waals surface area contributed by atoms with Crippen LogP contribution in [0.2, 0.25) is 0 Å². The van der Waals surface area contributed by atoms with Crippen LogP contribution in [-0.4, -0.2) is 35.4 Å². The van der Waals surface area contributed by atoms with Crippen molar-refractivity contribution in [2.45, 2.75) is 34.1 Å². The molecule has 0 spiro atoms. The number of anilines is 1. The number of rotatable bonds is 6. The van der Waals surface area contributed by atoms with Gasteiger partial charge in [-0.2, -0.15) is 5.10 Å². The number of aryl methyl sites for hydroxylation is 2. The molecule has 1 aromatic heterocycles. The van der Waals surface area contributed by atoms with Crippen molar-refractivity contribution in [2.24, 2.45) is 5.41 Å². The molecule has 0 aliphatic heterocycles. The van der Waals surface area contributed by atoms with Gasteiger partial charge < -0.3 is 10.1 Å². The average Bonchev–Trinajstić information content (AvgIpc) is 2.28. The predicted molar refractivity (Wildman–Crippen MR) is 68.1 cm³/mol. The Balaban J connectivity index is 2.51. The molecule has 96 valence electrons. The fraction of sp³-hybridized carbons (Fsp3) is 0.750. The number of nitrogens with one attached hydrogen (secondary N) is 1. The predicted octanol–water partition coefficient (Wildman–Crippen LogP) is 1.96. The number of hydrogen-bond acceptors (Lipinski definition) is 5. The Labute approximate surface area is 103 Å². The Kier molecular flexibility index (Phi) is 4.81. The minimum Gasteiger partial charge on any atom is -0.385 e. The van der Waals surface area contributed by atoms with E-state index in [2.05, 4.69) is 34.3 Å². The smallest absolute Gasteiger partial charge is 0.242 e. The average molecular weight is 238 g/mol. The van der Waals surface area contributed by atoms with Crippen molar-refractivity contribution in [1.29, 1.82) is 0 Å². The van der Waals surface area contributed by atoms with Crippen LogP contribution in [0.5, 0.6) is 0 Å². The van der Waals surface area contributed by atoms with Crippen LogP contribution in [0, 0.1) is 19.3 Å². The molecule has 1 heterocycles. The van der Waals surface area contributed by atoms with Crippen LogP contribution in [0.15, 0.2) is 0 Å². The van der Waals surface area contributed by atoms with E-state index in [1.807, 2.05) is 13.8 Å². The zero-order valence-corrected chi connectivity index (χ0v) is 11.4. The van der Waals surface area contributed by atoms with Crippen molar-refractivity contribution in [2.75, 3.05) is 25.6 Å². The van der Waals surface area contributed by atoms with Crippen LogP contribution in [-0.2, 0) is 4.74 Å². The number of hydrogen-bond donors (Lipinski definition) is 1. The third-order valence-corrected chi connectivity index (χ3v) is 2.80. The molecule has 0 aliphatic carbocycles. The van der Waals surface area contributed by atoms with Crippen molar-refractivity contribution in [3.8, 4) is 0 Å². The lowest BCUT2D eigenvalue weighted by molar-refractivity contribution is 0.157. The third kappa shape index (κ3) is 4.65. The number of aromatic nitrogens is 3. The van der Waals surface area contributed by atoms with Gasteiger partial charge in [-0.25, -0.2) is 4.98 Å². The van der Waals surface area contributed by atoms with Gasteiger partial charge in [0.25, 0.3) is 0 Å². The minimum atomic E-state index is 0.151. The van der Waals surface area contributed by atoms with Crippen molar-refractivity contribution in [3.05, 3.63) is 11.4 Å². The van der Waals surface area contributed by atoms with Crippen LogP contribution < -0.4 is 5.32 Å². The summed E-state index contributed by atoms with van der Waals surface area (Å²) in [5.41, 5.74) is 1.93. The van der Waals surface area contributed by atoms with E-state index in [0.717, 1.165) is 31.0 Å². The van der Waals surface area contributed by atoms with E-state index in [0.29, 0.717) is 5.95 Å². The van der Waals surface area contributed by atoms with Crippen LogP contribution in [0.25, 0.3) is 0 Å². The Morgan fingerprint density at radius 1 is 1.18 bits per heavy atom. The second-order valence-electron chi connectivity index (χ2n) is 5.07. The first-order chi connectivity index (χ1) is 7.94. The maximum absolute atomic E-state index is 5.09. The van der Waals surface area contributed by atoms with Gasteiger partial charge in [0.2, 0.25) is 5.95 Å². The largest absolute Gasteiger partial charge is 0.385 e. The molecule has 17 heavy (non-hydrogen) atoms. The van der Waals surface area contributed by atoms with Crippen LogP contribution in [0.4, 0.5) is 5.95 Å². The fourth-order valence-electron chi connectivity index (χ4n) is 1.32. The van der Waals surface area contributed by atoms with Gasteiger partial charge in [0.05, 0.1) is 11.4 Å². The quantitative estimate of drug-likeness (QED) is 0.821. The molecule has 1 rings (SSSR count). The van der Waals surface area contributed by atoms with Gasteiger partial charge in [0, 0.05) is 20.3 Å². The van der Waals surface area contributed by atoms with Gasteiger partial charge in [-0.1, -0.05) is 13.8 Å². The maximum Gasteiger partial charge on any atom is 0.242 e. The van der Waals surface area contributed by atoms with Crippen molar-refractivity contribution in [1.82, 2.24) is 15.2 Å². The monoisotopic (exact) mass is 238 g/mol. The van der Waals surface area contributed by atoms with Crippen LogP contribution >= 0.6 is 0 Å². The normalized spacial score (nSPS) is 11.6. The van der Waals surface area contributed by atoms with Gasteiger partial charge in [0.15, 0.2) is 0 Å². The molecule has 1 aromatic rings. The molecule has 0 aromatic carbocycles. The molecule has 0 bridgehead atoms. The molecule has 0 radical (unpaired) electrons. The van der Waals surface area contributed by atoms with E-state index < -0.39 is 0 Å². The highest BCUT2D eigenvalue weighted by atomic mass is 16.5. The number of ether oxygens (including phenoxy) is 1. The Bertz CT molecular complexity index is 366. The first-order valence-electron chi connectivity index (χ1n) is 5.85. The summed E-state index contributed by atoms with van der Waals surface area (Å²) in [5, 5.41) is 11.3. The van der Waals surface area contributed by atoms with E-state index in [1.165, 1.54) is 0 Å². The van der Waals surface area contributed by atoms with Gasteiger partial charge in [-0.05, 0) is 25.7 Å². The maximum atomic E-state index is 5.09. The van der Waals surface area contributed by atoms with E-state index in [9.17, 15) is 0 Å². The highest BCUT2D eigenvalue weighted by Gasteiger charge is 2.17. The molecule has 0 saturated carbocycles. The lowest BCUT2D eigenvalue weighted by Gasteiger charge is -2.24. The third-order valence-electron chi connectivity index (χ3n) is 2.80. The Morgan fingerprint density at radius 2 is 1.88 bits per heavy atom. The first kappa shape index (κ1) is 13.8. The summed E-state index contributed by atoms with van der Waals surface area (Å²) < 4.78 is 5.09. The second kappa shape index (κ2) is 5.91. The summed E-state index contributed by atoms with van der Waals surface area (Å²) in [4.78, 5) is 4.34. The number of nitrogens with zero attached hydrogens (tertiary/aromatic N) is 3. The van der Waals surface area contributed by atoms with Gasteiger partial charge in [-0.15, -0.1) is 5.10 Å². The molecule has 1 N–H and O–H groups in total. The summed E-state index contributed by atoms with van der Waals surface area (Å²) in [5.74, 6) is 0.596. The van der Waals surface area contributed by atoms with E-state index >= 15 is 0 Å². The molecule has 5 nitrogen and oxygen atoms in total. The van der Waals surface area contributed by atoms with Gasteiger partial charge in [0.1, 0.15) is 0 Å². The summed E-state index contributed by atoms with van der Waals surface area (Å²) >= 11 is 0. The molecule has 0 fully saturated rings. The molecule has 0 amide bonds. The highest BCUT2D eigenvalue weighted by Crippen LogP contribution is 2.20. The summed E-state index contributed by atoms with van der Waals surface area (Å²) in [6.07, 6.45) is 0.995. The number of methoxy groups -OCH3 is 1. The standard InChI is InChI=1S/C12H22N4O/c1-9-10(2)15-16-11(14-9)13-8-12(3,4)6-7-17-5/h6-8H2,1-5H3,(H,13,14,16). The molecule has 0 saturated heterocycles. The second-order valence-corrected chi connectivity index (χ2v) is 5.07. The van der Waals surface area contributed by atoms with Crippen LogP contribution in [0.1, 0.15) is 31.7 Å². The molecule has 0 unspecified atom stereocenters. The lowest BCUT2D eigenvalue weighted by Crippen LogP contribution is -2.25. The Hall–Kier alpha value is -1.23. The first-order valence-corrected chi connectivity index (χ1v) is 5.85. The zero-order chi connectivity index (χ0) is 12.9. The van der Waals surface area contributed by atoms with Crippen molar-refractivity contribution < 1.29 is 4.74 Å². The topological polar surface area (TPSA) is 59.9 Å². The van der Waals surface area contributed by atoms with E-state index in [-0.39, 0.29) is 5.41 Å². The lowest BCUT2D eigenvalue weighted by atomic mass is 9.90. The van der Waals surface area contributed by atoms with E-state index in [4.69, 9.17) is 4.74 Å². The Morgan fingerprint density at radius 3 is 2.47 bits per heavy atom. The van der Waals surface area contributed by atoms with Crippen LogP contribution in [0.3, 0.4) is 0 Å². The van der Waals surface area contributed by atoms with Crippen molar-refractivity contribution >= 4 is 5.95 Å². The molecule has 0 atom stereocenters. The SMILES string of the molecule is COCCC(C)(C)CNc1nnc(C)c(C)n1. The summed E-state index contributed by atoms with van der Waals surface area (Å²) in [6, 6.07) is 0. The molecule has 5 heteroatoms. The van der Waals surface area contributed by atoms with E-state index in [1.54, 1.807) is 7.11 Å². The van der Waals surface area contributed by atoms with Gasteiger partial charge >= 0.3 is 0 Å². The van der Waals surface area contributed by atoms with Gasteiger partial charge in [-0.3, -0.25) is 0 Å². The summed E-state index contributed by atoms with van der Waals surface area (Å²) in [7, 11) is 1.72. The molecule has 0 aliphatic rings.